The molecule has 0 spiro atoms. The summed E-state index contributed by atoms with van der Waals surface area (Å²) in [4.78, 5) is 16.7. The molecule has 364 valence electrons. The largest absolute Gasteiger partial charge is 2.00 e. The zero-order valence-electron chi connectivity index (χ0n) is 39.0. The second-order valence-corrected chi connectivity index (χ2v) is 17.4. The molecule has 8 aromatic rings. The number of para-hydroxylation sites is 2. The van der Waals surface area contributed by atoms with Gasteiger partial charge in [-0.3, -0.25) is 19.9 Å². The van der Waals surface area contributed by atoms with Crippen molar-refractivity contribution in [2.24, 2.45) is 0 Å². The van der Waals surface area contributed by atoms with Gasteiger partial charge in [-0.2, -0.15) is 0 Å². The summed E-state index contributed by atoms with van der Waals surface area (Å²) in [6, 6.07) is 36.2. The van der Waals surface area contributed by atoms with Gasteiger partial charge >= 0.3 is 19.5 Å². The fourth-order valence-electron chi connectivity index (χ4n) is 6.59. The summed E-state index contributed by atoms with van der Waals surface area (Å²) in [5.74, 6) is 1.52. The fourth-order valence-corrected chi connectivity index (χ4v) is 6.59. The minimum absolute atomic E-state index is 0. The molecule has 0 N–H and O–H groups in total. The molecular weight excluding hydrogens is 1020 g/mol. The van der Waals surface area contributed by atoms with Crippen molar-refractivity contribution < 1.29 is 77.2 Å². The van der Waals surface area contributed by atoms with Crippen LogP contribution in [0.3, 0.4) is 0 Å². The predicted octanol–water partition coefficient (Wildman–Crippen LogP) is 1.78. The van der Waals surface area contributed by atoms with Crippen molar-refractivity contribution in [3.63, 3.8) is 0 Å². The van der Waals surface area contributed by atoms with Crippen LogP contribution in [-0.2, 0) is 19.5 Å². The van der Waals surface area contributed by atoms with Crippen molar-refractivity contribution in [2.75, 3.05) is 0 Å². The van der Waals surface area contributed by atoms with E-state index in [0.29, 0.717) is 35.1 Å². The van der Waals surface area contributed by atoms with E-state index in [1.54, 1.807) is 24.8 Å². The Morgan fingerprint density at radius 1 is 0.348 bits per heavy atom. The quantitative estimate of drug-likeness (QED) is 0.186. The van der Waals surface area contributed by atoms with Gasteiger partial charge in [0.2, 0.25) is 0 Å². The van der Waals surface area contributed by atoms with E-state index in [1.165, 1.54) is 22.3 Å². The maximum absolute atomic E-state index is 8.49. The van der Waals surface area contributed by atoms with Crippen molar-refractivity contribution in [1.29, 1.82) is 0 Å². The van der Waals surface area contributed by atoms with Crippen LogP contribution in [0.5, 0.6) is 0 Å². The smallest absolute Gasteiger partial charge is 0.255 e. The monoisotopic (exact) mass is 1070 g/mol. The van der Waals surface area contributed by atoms with Gasteiger partial charge in [0, 0.05) is 24.8 Å². The van der Waals surface area contributed by atoms with Crippen molar-refractivity contribution in [3.05, 3.63) is 169 Å². The molecule has 8 rings (SSSR count). The predicted molar refractivity (Wildman–Crippen MR) is 233 cm³/mol. The molecule has 0 aliphatic rings. The summed E-state index contributed by atoms with van der Waals surface area (Å²) in [5, 5.41) is 18.0. The number of halogens is 2. The molecule has 6 heterocycles. The summed E-state index contributed by atoms with van der Waals surface area (Å²) in [5.41, 5.74) is 12.4. The van der Waals surface area contributed by atoms with E-state index in [2.05, 4.69) is 132 Å². The average molecular weight is 1070 g/mol. The van der Waals surface area contributed by atoms with Crippen LogP contribution in [0.4, 0.5) is 0 Å². The minimum Gasteiger partial charge on any atom is -0.255 e. The summed E-state index contributed by atoms with van der Waals surface area (Å²) >= 11 is 0. The molecule has 0 atom stereocenters. The first-order valence-corrected chi connectivity index (χ1v) is 23.6. The third-order valence-electron chi connectivity index (χ3n) is 9.58. The maximum atomic E-state index is 8.49. The molecule has 0 fully saturated rings. The molecule has 2 aromatic carbocycles. The first-order chi connectivity index (χ1) is 32.1. The molecule has 0 unspecified atom stereocenters. The van der Waals surface area contributed by atoms with Crippen LogP contribution in [0.2, 0.25) is 0 Å². The van der Waals surface area contributed by atoms with E-state index in [0.717, 1.165) is 34.2 Å². The standard InChI is InChI=1S/C28H36N6.2C10H8N2.2ClHO4.Ru/c1-17(2)21-11-9-12-22(18(3)4)27(21)33-15-25(29-31-33)26-16-34(32-30-26)28-23(19(5)6)13-10-14-24(28)20(7)8;2*1-3-7-11-9(5-1)10-6-2-4-8-12-10;2*2-1(3,4)5;/h9-20H,1-8H3;2*1-8H;2*(H,2,3,4,5);/q;;;;;+2/p-2. The van der Waals surface area contributed by atoms with Crippen molar-refractivity contribution in [2.45, 2.75) is 79.1 Å². The number of hydrogen-bond donors (Lipinski definition) is 0. The number of rotatable bonds is 9. The number of benzene rings is 2. The topological polar surface area (TPSA) is 297 Å². The first-order valence-electron chi connectivity index (χ1n) is 21.1. The van der Waals surface area contributed by atoms with Crippen molar-refractivity contribution in [3.8, 4) is 45.5 Å². The van der Waals surface area contributed by atoms with Crippen LogP contribution >= 0.6 is 0 Å². The molecule has 21 heteroatoms. The Bertz CT molecular complexity index is 2380. The van der Waals surface area contributed by atoms with E-state index in [-0.39, 0.29) is 19.5 Å². The minimum atomic E-state index is -4.94. The van der Waals surface area contributed by atoms with Gasteiger partial charge in [0.15, 0.2) is 0 Å². The molecule has 18 nitrogen and oxygen atoms in total. The molecule has 0 radical (unpaired) electrons. The second-order valence-electron chi connectivity index (χ2n) is 15.9. The third-order valence-corrected chi connectivity index (χ3v) is 9.58. The van der Waals surface area contributed by atoms with E-state index in [1.807, 2.05) is 94.6 Å². The Labute approximate surface area is 418 Å². The third kappa shape index (κ3) is 19.3. The number of pyridine rings is 4. The Kier molecular flexibility index (Phi) is 22.8. The van der Waals surface area contributed by atoms with Gasteiger partial charge in [0.25, 0.3) is 0 Å². The first kappa shape index (κ1) is 57.5. The molecular formula is C48H52Cl2N10O8Ru. The Morgan fingerprint density at radius 3 is 0.768 bits per heavy atom. The normalized spacial score (nSPS) is 11.0. The zero-order valence-corrected chi connectivity index (χ0v) is 42.3. The Morgan fingerprint density at radius 2 is 0.580 bits per heavy atom. The van der Waals surface area contributed by atoms with E-state index >= 15 is 0 Å². The summed E-state index contributed by atoms with van der Waals surface area (Å²) in [6.07, 6.45) is 11.0. The van der Waals surface area contributed by atoms with Gasteiger partial charge in [0.1, 0.15) is 11.4 Å². The van der Waals surface area contributed by atoms with Gasteiger partial charge in [0.05, 0.1) is 46.5 Å². The van der Waals surface area contributed by atoms with Gasteiger partial charge < -0.3 is 0 Å². The SMILES string of the molecule is CC(C)c1cccc(C(C)C)c1-n1cc(-c2cn(-c3c(C(C)C)cccc3C(C)C)nn2)nn1.[O-][Cl+3]([O-])([O-])[O-].[O-][Cl+3]([O-])([O-])[O-].[Ru+2].c1ccc(-c2ccccn2)nc1.c1ccc(-c2ccccn2)nc1. The van der Waals surface area contributed by atoms with Crippen molar-refractivity contribution >= 4 is 0 Å². The number of nitrogens with zero attached hydrogens (tertiary/aromatic N) is 10. The van der Waals surface area contributed by atoms with E-state index in [9.17, 15) is 0 Å². The Balaban J connectivity index is 0.000000291. The molecule has 0 saturated heterocycles. The van der Waals surface area contributed by atoms with Crippen LogP contribution < -0.4 is 37.3 Å². The number of hydrogen-bond acceptors (Lipinski definition) is 16. The van der Waals surface area contributed by atoms with Gasteiger partial charge in [-0.15, -0.1) is 30.7 Å². The maximum Gasteiger partial charge on any atom is 2.00 e. The van der Waals surface area contributed by atoms with Gasteiger partial charge in [-0.05, 0) is 94.5 Å². The van der Waals surface area contributed by atoms with Crippen LogP contribution in [0, 0.1) is 20.5 Å². The fraction of sp³-hybridized carbons (Fsp3) is 0.250. The van der Waals surface area contributed by atoms with Crippen LogP contribution in [-0.4, -0.2) is 49.9 Å². The summed E-state index contributed by atoms with van der Waals surface area (Å²) in [6.45, 7) is 17.7. The number of aromatic nitrogens is 10. The van der Waals surface area contributed by atoms with Crippen LogP contribution in [0.15, 0.2) is 146 Å². The van der Waals surface area contributed by atoms with Crippen LogP contribution in [0.1, 0.15) is 101 Å². The Hall–Kier alpha value is -5.80. The average Bonchev–Trinajstić information content (AvgIpc) is 4.00. The van der Waals surface area contributed by atoms with E-state index < -0.39 is 20.5 Å². The molecule has 0 aliphatic heterocycles. The summed E-state index contributed by atoms with van der Waals surface area (Å²) in [7, 11) is -9.89. The van der Waals surface area contributed by atoms with Crippen molar-refractivity contribution in [1.82, 2.24) is 49.9 Å². The molecule has 0 amide bonds. The molecule has 0 aliphatic carbocycles. The molecule has 6 aromatic heterocycles. The second kappa shape index (κ2) is 27.4. The van der Waals surface area contributed by atoms with Gasteiger partial charge in [-0.25, -0.2) is 46.6 Å². The zero-order chi connectivity index (χ0) is 50.0. The molecule has 0 bridgehead atoms. The van der Waals surface area contributed by atoms with E-state index in [4.69, 9.17) is 37.3 Å². The summed E-state index contributed by atoms with van der Waals surface area (Å²) < 4.78 is 71.8. The molecule has 0 saturated carbocycles. The van der Waals surface area contributed by atoms with Gasteiger partial charge in [-0.1, -0.05) is 126 Å². The van der Waals surface area contributed by atoms with Crippen LogP contribution in [0.25, 0.3) is 45.5 Å². The molecule has 69 heavy (non-hydrogen) atoms.